The molecule has 1 atom stereocenters. The average Bonchev–Trinajstić information content (AvgIpc) is 2.56. The van der Waals surface area contributed by atoms with Crippen molar-refractivity contribution in [3.63, 3.8) is 0 Å². The lowest BCUT2D eigenvalue weighted by Crippen LogP contribution is -2.32. The molecule has 0 aliphatic carbocycles. The van der Waals surface area contributed by atoms with Crippen molar-refractivity contribution in [3.05, 3.63) is 59.2 Å². The van der Waals surface area contributed by atoms with E-state index >= 15 is 0 Å². The van der Waals surface area contributed by atoms with Gasteiger partial charge in [-0.3, -0.25) is 9.69 Å². The Morgan fingerprint density at radius 1 is 1.12 bits per heavy atom. The molecule has 1 amide bonds. The fourth-order valence-corrected chi connectivity index (χ4v) is 3.30. The van der Waals surface area contributed by atoms with Crippen molar-refractivity contribution in [1.82, 2.24) is 4.90 Å². The first-order valence-corrected chi connectivity index (χ1v) is 10.3. The van der Waals surface area contributed by atoms with E-state index in [0.29, 0.717) is 4.90 Å². The number of benzene rings is 2. The molecule has 0 heterocycles. The highest BCUT2D eigenvalue weighted by Gasteiger charge is 2.16. The molecule has 0 bridgehead atoms. The summed E-state index contributed by atoms with van der Waals surface area (Å²) in [5.74, 6) is -0.0826. The Morgan fingerprint density at radius 3 is 2.31 bits per heavy atom. The van der Waals surface area contributed by atoms with E-state index in [0.717, 1.165) is 22.4 Å². The van der Waals surface area contributed by atoms with Gasteiger partial charge >= 0.3 is 0 Å². The van der Waals surface area contributed by atoms with Crippen LogP contribution in [-0.2, 0) is 14.6 Å². The number of carbonyl (C=O) groups is 1. The lowest BCUT2D eigenvalue weighted by atomic mass is 10.1. The summed E-state index contributed by atoms with van der Waals surface area (Å²) in [6, 6.07) is 12.7. The molecular weight excluding hydrogens is 348 g/mol. The number of nitrogens with one attached hydrogen (secondary N) is 1. The molecule has 0 aliphatic rings. The second kappa shape index (κ2) is 8.01. The number of likely N-dealkylation sites (N-methyl/N-ethyl adjacent to an activating group) is 1. The molecule has 140 valence electrons. The molecule has 0 radical (unpaired) electrons. The fourth-order valence-electron chi connectivity index (χ4n) is 2.67. The molecule has 2 rings (SSSR count). The predicted molar refractivity (Wildman–Crippen MR) is 105 cm³/mol. The number of aryl methyl sites for hydroxylation is 2. The van der Waals surface area contributed by atoms with Crippen molar-refractivity contribution in [3.8, 4) is 0 Å². The maximum atomic E-state index is 12.4. The van der Waals surface area contributed by atoms with E-state index in [4.69, 9.17) is 0 Å². The molecule has 2 aromatic carbocycles. The van der Waals surface area contributed by atoms with Crippen LogP contribution < -0.4 is 5.32 Å². The number of sulfone groups is 1. The molecule has 0 saturated heterocycles. The van der Waals surface area contributed by atoms with Gasteiger partial charge in [0.15, 0.2) is 9.84 Å². The Morgan fingerprint density at radius 2 is 1.73 bits per heavy atom. The van der Waals surface area contributed by atoms with Crippen LogP contribution in [0.3, 0.4) is 0 Å². The van der Waals surface area contributed by atoms with Crippen LogP contribution in [0.5, 0.6) is 0 Å². The van der Waals surface area contributed by atoms with Gasteiger partial charge in [0.25, 0.3) is 0 Å². The third kappa shape index (κ3) is 5.16. The van der Waals surface area contributed by atoms with Crippen molar-refractivity contribution >= 4 is 21.4 Å². The molecule has 2 aromatic rings. The molecule has 5 nitrogen and oxygen atoms in total. The second-order valence-corrected chi connectivity index (χ2v) is 8.81. The number of hydrogen-bond acceptors (Lipinski definition) is 4. The van der Waals surface area contributed by atoms with Crippen molar-refractivity contribution in [1.29, 1.82) is 0 Å². The first-order valence-electron chi connectivity index (χ1n) is 8.45. The summed E-state index contributed by atoms with van der Waals surface area (Å²) in [6.07, 6.45) is 1.19. The normalized spacial score (nSPS) is 12.8. The molecule has 0 fully saturated rings. The minimum absolute atomic E-state index is 0.0204. The molecular formula is C20H26N2O3S. The summed E-state index contributed by atoms with van der Waals surface area (Å²) in [7, 11) is -1.33. The molecule has 0 spiro atoms. The van der Waals surface area contributed by atoms with E-state index in [1.165, 1.54) is 6.26 Å². The number of amides is 1. The third-order valence-corrected chi connectivity index (χ3v) is 5.64. The van der Waals surface area contributed by atoms with Gasteiger partial charge in [-0.1, -0.05) is 24.3 Å². The number of carbonyl (C=O) groups excluding carboxylic acids is 1. The monoisotopic (exact) mass is 374 g/mol. The molecule has 6 heteroatoms. The highest BCUT2D eigenvalue weighted by molar-refractivity contribution is 7.90. The van der Waals surface area contributed by atoms with Gasteiger partial charge in [-0.25, -0.2) is 8.42 Å². The molecule has 0 saturated carbocycles. The summed E-state index contributed by atoms with van der Waals surface area (Å²) in [4.78, 5) is 14.6. The van der Waals surface area contributed by atoms with Crippen molar-refractivity contribution in [2.45, 2.75) is 31.7 Å². The van der Waals surface area contributed by atoms with Gasteiger partial charge in [-0.15, -0.1) is 0 Å². The second-order valence-electron chi connectivity index (χ2n) is 6.80. The van der Waals surface area contributed by atoms with Crippen LogP contribution in [-0.4, -0.2) is 39.1 Å². The molecule has 1 N–H and O–H groups in total. The quantitative estimate of drug-likeness (QED) is 0.842. The summed E-state index contributed by atoms with van der Waals surface area (Å²) >= 11 is 0. The van der Waals surface area contributed by atoms with Gasteiger partial charge in [0.05, 0.1) is 11.4 Å². The van der Waals surface area contributed by atoms with Crippen LogP contribution in [0.2, 0.25) is 0 Å². The Kier molecular flexibility index (Phi) is 6.21. The van der Waals surface area contributed by atoms with Crippen molar-refractivity contribution in [2.75, 3.05) is 25.2 Å². The maximum Gasteiger partial charge on any atom is 0.238 e. The highest BCUT2D eigenvalue weighted by atomic mass is 32.2. The zero-order valence-corrected chi connectivity index (χ0v) is 16.7. The first kappa shape index (κ1) is 20.1. The topological polar surface area (TPSA) is 66.5 Å². The Labute approximate surface area is 156 Å². The van der Waals surface area contributed by atoms with E-state index in [1.807, 2.05) is 50.9 Å². The average molecular weight is 375 g/mol. The van der Waals surface area contributed by atoms with Crippen LogP contribution in [0.25, 0.3) is 0 Å². The Hall–Kier alpha value is -2.18. The smallest absolute Gasteiger partial charge is 0.238 e. The summed E-state index contributed by atoms with van der Waals surface area (Å²) in [5.41, 5.74) is 3.91. The van der Waals surface area contributed by atoms with E-state index < -0.39 is 9.84 Å². The zero-order valence-electron chi connectivity index (χ0n) is 15.9. The first-order chi connectivity index (χ1) is 12.1. The molecule has 0 aliphatic heterocycles. The summed E-state index contributed by atoms with van der Waals surface area (Å²) < 4.78 is 23.1. The van der Waals surface area contributed by atoms with Crippen LogP contribution in [0.4, 0.5) is 5.69 Å². The van der Waals surface area contributed by atoms with Crippen LogP contribution in [0.15, 0.2) is 47.4 Å². The summed E-state index contributed by atoms with van der Waals surface area (Å²) in [6.45, 7) is 6.18. The van der Waals surface area contributed by atoms with Crippen LogP contribution in [0.1, 0.15) is 29.7 Å². The van der Waals surface area contributed by atoms with E-state index in [9.17, 15) is 13.2 Å². The standard InChI is InChI=1S/C20H26N2O3S/c1-14-6-7-15(2)19(12-14)21-20(23)13-22(4)16(3)17-8-10-18(11-9-17)26(5,24)25/h6-12,16H,13H2,1-5H3,(H,21,23). The minimum atomic E-state index is -3.20. The number of anilines is 1. The van der Waals surface area contributed by atoms with Gasteiger partial charge in [0.1, 0.15) is 0 Å². The number of rotatable bonds is 6. The highest BCUT2D eigenvalue weighted by Crippen LogP contribution is 2.21. The Bertz CT molecular complexity index is 890. The van der Waals surface area contributed by atoms with Gasteiger partial charge in [-0.05, 0) is 62.7 Å². The lowest BCUT2D eigenvalue weighted by Gasteiger charge is -2.25. The van der Waals surface area contributed by atoms with Crippen molar-refractivity contribution in [2.24, 2.45) is 0 Å². The van der Waals surface area contributed by atoms with Gasteiger partial charge in [-0.2, -0.15) is 0 Å². The van der Waals surface area contributed by atoms with Crippen LogP contribution in [0, 0.1) is 13.8 Å². The van der Waals surface area contributed by atoms with E-state index in [-0.39, 0.29) is 18.5 Å². The van der Waals surface area contributed by atoms with Crippen LogP contribution >= 0.6 is 0 Å². The van der Waals surface area contributed by atoms with Gasteiger partial charge in [0.2, 0.25) is 5.91 Å². The molecule has 0 aromatic heterocycles. The lowest BCUT2D eigenvalue weighted by molar-refractivity contribution is -0.117. The third-order valence-electron chi connectivity index (χ3n) is 4.51. The maximum absolute atomic E-state index is 12.4. The van der Waals surface area contributed by atoms with E-state index in [2.05, 4.69) is 5.32 Å². The predicted octanol–water partition coefficient (Wildman–Crippen LogP) is 3.34. The largest absolute Gasteiger partial charge is 0.325 e. The summed E-state index contributed by atoms with van der Waals surface area (Å²) in [5, 5.41) is 2.96. The van der Waals surface area contributed by atoms with Gasteiger partial charge in [0, 0.05) is 18.0 Å². The number of nitrogens with zero attached hydrogens (tertiary/aromatic N) is 1. The minimum Gasteiger partial charge on any atom is -0.325 e. The zero-order chi connectivity index (χ0) is 19.5. The fraction of sp³-hybridized carbons (Fsp3) is 0.350. The Balaban J connectivity index is 2.03. The number of hydrogen-bond donors (Lipinski definition) is 1. The van der Waals surface area contributed by atoms with E-state index in [1.54, 1.807) is 24.3 Å². The van der Waals surface area contributed by atoms with Gasteiger partial charge < -0.3 is 5.32 Å². The molecule has 26 heavy (non-hydrogen) atoms. The van der Waals surface area contributed by atoms with Crippen molar-refractivity contribution < 1.29 is 13.2 Å². The SMILES string of the molecule is Cc1ccc(C)c(NC(=O)CN(C)C(C)c2ccc(S(C)(=O)=O)cc2)c1. The molecule has 1 unspecified atom stereocenters.